The molecule has 0 fully saturated rings. The van der Waals surface area contributed by atoms with E-state index < -0.39 is 0 Å². The third-order valence-corrected chi connectivity index (χ3v) is 3.63. The molecule has 0 aliphatic heterocycles. The molecule has 0 spiro atoms. The Kier molecular flexibility index (Phi) is 3.86. The number of benzene rings is 3. The van der Waals surface area contributed by atoms with Crippen molar-refractivity contribution < 1.29 is 10.0 Å². The van der Waals surface area contributed by atoms with Gasteiger partial charge in [-0.05, 0) is 39.4 Å². The van der Waals surface area contributed by atoms with E-state index in [0.29, 0.717) is 0 Å². The monoisotopic (exact) mass is 273 g/mol. The Bertz CT molecular complexity index is 710. The van der Waals surface area contributed by atoms with Gasteiger partial charge in [-0.1, -0.05) is 66.7 Å². The standard InChI is InChI=1S/C18H12.BH2O2/c1-2-4-13(5-3-1)14-6-8-15(9-7-14)18-12-16-10-11-17(16)18;2-1-3/h1-12H;2-3H. The fourth-order valence-corrected chi connectivity index (χ4v) is 2.50. The summed E-state index contributed by atoms with van der Waals surface area (Å²) in [6, 6.07) is 25.9. The quantitative estimate of drug-likeness (QED) is 0.549. The molecular formula is C18H14BO2. The van der Waals surface area contributed by atoms with E-state index in [1.165, 1.54) is 33.4 Å². The Morgan fingerprint density at radius 2 is 1.05 bits per heavy atom. The van der Waals surface area contributed by atoms with Gasteiger partial charge in [-0.15, -0.1) is 0 Å². The molecule has 3 heteroatoms. The van der Waals surface area contributed by atoms with Crippen LogP contribution in [-0.4, -0.2) is 17.7 Å². The summed E-state index contributed by atoms with van der Waals surface area (Å²) in [5, 5.41) is 14.0. The highest BCUT2D eigenvalue weighted by atomic mass is 16.4. The predicted octanol–water partition coefficient (Wildman–Crippen LogP) is 3.51. The normalized spacial score (nSPS) is 10.4. The molecule has 2 aliphatic carbocycles. The second-order valence-electron chi connectivity index (χ2n) is 4.82. The maximum Gasteiger partial charge on any atom is 0.482 e. The van der Waals surface area contributed by atoms with Gasteiger partial charge in [-0.2, -0.15) is 0 Å². The van der Waals surface area contributed by atoms with Crippen molar-refractivity contribution in [2.45, 2.75) is 0 Å². The molecule has 2 nitrogen and oxygen atoms in total. The molecule has 1 radical (unpaired) electrons. The summed E-state index contributed by atoms with van der Waals surface area (Å²) in [7, 11) is 0. The van der Waals surface area contributed by atoms with E-state index in [1.807, 2.05) is 6.07 Å². The maximum absolute atomic E-state index is 7.00. The highest BCUT2D eigenvalue weighted by molar-refractivity contribution is 6.13. The first-order valence-corrected chi connectivity index (χ1v) is 6.74. The summed E-state index contributed by atoms with van der Waals surface area (Å²) in [6.07, 6.45) is 0. The second-order valence-corrected chi connectivity index (χ2v) is 4.82. The zero-order valence-electron chi connectivity index (χ0n) is 11.4. The van der Waals surface area contributed by atoms with E-state index in [1.54, 1.807) is 0 Å². The highest BCUT2D eigenvalue weighted by Gasteiger charge is 2.17. The summed E-state index contributed by atoms with van der Waals surface area (Å²) in [4.78, 5) is 0. The van der Waals surface area contributed by atoms with Gasteiger partial charge in [0.2, 0.25) is 0 Å². The highest BCUT2D eigenvalue weighted by Crippen LogP contribution is 2.43. The average molecular weight is 273 g/mol. The number of fused-ring (bicyclic) bond motifs is 1. The van der Waals surface area contributed by atoms with Crippen LogP contribution in [0.5, 0.6) is 0 Å². The minimum Gasteiger partial charge on any atom is -0.429 e. The van der Waals surface area contributed by atoms with Gasteiger partial charge in [0, 0.05) is 0 Å². The number of rotatable bonds is 2. The average Bonchev–Trinajstić information content (AvgIpc) is 2.52. The van der Waals surface area contributed by atoms with Gasteiger partial charge in [0.25, 0.3) is 0 Å². The minimum atomic E-state index is 0. The molecule has 0 unspecified atom stereocenters. The lowest BCUT2D eigenvalue weighted by Crippen LogP contribution is -1.95. The zero-order valence-corrected chi connectivity index (χ0v) is 11.4. The Morgan fingerprint density at radius 1 is 0.524 bits per heavy atom. The topological polar surface area (TPSA) is 40.5 Å². The third kappa shape index (κ3) is 2.61. The molecule has 0 amide bonds. The molecule has 2 aromatic rings. The van der Waals surface area contributed by atoms with Crippen molar-refractivity contribution in [1.82, 2.24) is 0 Å². The molecule has 0 saturated heterocycles. The van der Waals surface area contributed by atoms with Gasteiger partial charge in [0.05, 0.1) is 0 Å². The largest absolute Gasteiger partial charge is 0.482 e. The number of hydrogen-bond donors (Lipinski definition) is 2. The first kappa shape index (κ1) is 13.6. The molecule has 2 aromatic carbocycles. The lowest BCUT2D eigenvalue weighted by Gasteiger charge is -2.21. The van der Waals surface area contributed by atoms with E-state index in [0.717, 1.165) is 0 Å². The van der Waals surface area contributed by atoms with Crippen LogP contribution in [0.1, 0.15) is 0 Å². The number of hydrogen-bond acceptors (Lipinski definition) is 2. The minimum absolute atomic E-state index is 0. The molecule has 2 N–H and O–H groups in total. The molecule has 2 aliphatic rings. The summed E-state index contributed by atoms with van der Waals surface area (Å²) < 4.78 is 0. The van der Waals surface area contributed by atoms with Gasteiger partial charge in [0.15, 0.2) is 0 Å². The van der Waals surface area contributed by atoms with Crippen LogP contribution in [0, 0.1) is 0 Å². The lowest BCUT2D eigenvalue weighted by molar-refractivity contribution is 0.448. The molecule has 4 rings (SSSR count). The van der Waals surface area contributed by atoms with E-state index >= 15 is 0 Å². The van der Waals surface area contributed by atoms with Crippen molar-refractivity contribution >= 4 is 7.69 Å². The van der Waals surface area contributed by atoms with Gasteiger partial charge < -0.3 is 10.0 Å². The van der Waals surface area contributed by atoms with E-state index in [2.05, 4.69) is 66.7 Å². The lowest BCUT2D eigenvalue weighted by atomic mass is 9.83. The third-order valence-electron chi connectivity index (χ3n) is 3.63. The van der Waals surface area contributed by atoms with Gasteiger partial charge in [-0.25, -0.2) is 0 Å². The van der Waals surface area contributed by atoms with Crippen molar-refractivity contribution in [3.8, 4) is 33.4 Å². The van der Waals surface area contributed by atoms with Crippen LogP contribution < -0.4 is 0 Å². The van der Waals surface area contributed by atoms with E-state index in [9.17, 15) is 0 Å². The van der Waals surface area contributed by atoms with E-state index in [4.69, 9.17) is 10.0 Å². The maximum atomic E-state index is 7.00. The van der Waals surface area contributed by atoms with Crippen molar-refractivity contribution in [1.29, 1.82) is 0 Å². The van der Waals surface area contributed by atoms with Crippen LogP contribution in [0.25, 0.3) is 33.4 Å². The second kappa shape index (κ2) is 5.96. The Morgan fingerprint density at radius 3 is 1.52 bits per heavy atom. The molecule has 0 atom stereocenters. The van der Waals surface area contributed by atoms with Gasteiger partial charge in [0.1, 0.15) is 0 Å². The Labute approximate surface area is 124 Å². The van der Waals surface area contributed by atoms with Crippen molar-refractivity contribution in [3.05, 3.63) is 72.8 Å². The molecule has 0 bridgehead atoms. The fraction of sp³-hybridized carbons (Fsp3) is 0. The van der Waals surface area contributed by atoms with E-state index in [-0.39, 0.29) is 7.69 Å². The summed E-state index contributed by atoms with van der Waals surface area (Å²) in [6.45, 7) is 0. The van der Waals surface area contributed by atoms with Gasteiger partial charge in [-0.3, -0.25) is 0 Å². The van der Waals surface area contributed by atoms with Crippen LogP contribution in [0.2, 0.25) is 0 Å². The van der Waals surface area contributed by atoms with Crippen LogP contribution in [-0.2, 0) is 0 Å². The van der Waals surface area contributed by atoms with Crippen LogP contribution in [0.4, 0.5) is 0 Å². The van der Waals surface area contributed by atoms with Crippen LogP contribution >= 0.6 is 0 Å². The molecule has 101 valence electrons. The van der Waals surface area contributed by atoms with Crippen LogP contribution in [0.15, 0.2) is 72.8 Å². The molecule has 0 saturated carbocycles. The molecule has 21 heavy (non-hydrogen) atoms. The smallest absolute Gasteiger partial charge is 0.429 e. The summed E-state index contributed by atoms with van der Waals surface area (Å²) >= 11 is 0. The Balaban J connectivity index is 0.000000409. The fourth-order valence-electron chi connectivity index (χ4n) is 2.50. The van der Waals surface area contributed by atoms with Crippen molar-refractivity contribution in [3.63, 3.8) is 0 Å². The van der Waals surface area contributed by atoms with Crippen LogP contribution in [0.3, 0.4) is 0 Å². The van der Waals surface area contributed by atoms with Crippen molar-refractivity contribution in [2.24, 2.45) is 0 Å². The summed E-state index contributed by atoms with van der Waals surface area (Å²) in [5.41, 5.74) is 8.07. The summed E-state index contributed by atoms with van der Waals surface area (Å²) in [5.74, 6) is 0. The molecule has 0 aromatic heterocycles. The zero-order chi connectivity index (χ0) is 14.7. The van der Waals surface area contributed by atoms with Crippen molar-refractivity contribution in [2.75, 3.05) is 0 Å². The predicted molar refractivity (Wildman–Crippen MR) is 86.5 cm³/mol. The molecule has 0 heterocycles. The Hall–Kier alpha value is -2.36. The molecular weight excluding hydrogens is 259 g/mol. The first-order chi connectivity index (χ1) is 10.3. The first-order valence-electron chi connectivity index (χ1n) is 6.74. The van der Waals surface area contributed by atoms with Gasteiger partial charge >= 0.3 is 7.69 Å². The SMILES string of the molecule is O[B]O.c1ccc(-c2ccc(-c3cc4ccc3-4)cc2)cc1.